The molecule has 3 aromatic carbocycles. The number of benzene rings is 3. The Labute approximate surface area is 155 Å². The predicted octanol–water partition coefficient (Wildman–Crippen LogP) is 4.10. The number of esters is 1. The first-order valence-electron chi connectivity index (χ1n) is 8.21. The first-order chi connectivity index (χ1) is 13.1. The van der Waals surface area contributed by atoms with Crippen molar-refractivity contribution in [3.8, 4) is 0 Å². The molecule has 0 bridgehead atoms. The van der Waals surface area contributed by atoms with E-state index >= 15 is 0 Å². The van der Waals surface area contributed by atoms with Crippen molar-refractivity contribution in [2.75, 3.05) is 6.61 Å². The summed E-state index contributed by atoms with van der Waals surface area (Å²) in [6, 6.07) is 20.2. The highest BCUT2D eigenvalue weighted by atomic mass is 19.1. The number of Topliss-reactive ketones (excluding diaryl/α,β-unsaturated/α-hetero) is 1. The maximum absolute atomic E-state index is 13.6. The fourth-order valence-electron chi connectivity index (χ4n) is 2.49. The molecule has 0 heterocycles. The van der Waals surface area contributed by atoms with E-state index in [2.05, 4.69) is 0 Å². The van der Waals surface area contributed by atoms with Gasteiger partial charge in [-0.25, -0.2) is 9.18 Å². The maximum Gasteiger partial charge on any atom is 0.338 e. The van der Waals surface area contributed by atoms with Gasteiger partial charge in [0.15, 0.2) is 12.4 Å². The van der Waals surface area contributed by atoms with E-state index in [9.17, 15) is 18.8 Å². The first kappa shape index (κ1) is 18.2. The number of hydrogen-bond donors (Lipinski definition) is 0. The second-order valence-corrected chi connectivity index (χ2v) is 5.75. The van der Waals surface area contributed by atoms with Crippen molar-refractivity contribution in [2.45, 2.75) is 0 Å². The molecule has 3 aromatic rings. The predicted molar refractivity (Wildman–Crippen MR) is 97.3 cm³/mol. The topological polar surface area (TPSA) is 60.4 Å². The van der Waals surface area contributed by atoms with Crippen molar-refractivity contribution in [2.24, 2.45) is 0 Å². The Balaban J connectivity index is 1.63. The number of rotatable bonds is 6. The Hall–Kier alpha value is -3.60. The molecule has 0 fully saturated rings. The first-order valence-corrected chi connectivity index (χ1v) is 8.21. The summed E-state index contributed by atoms with van der Waals surface area (Å²) in [7, 11) is 0. The largest absolute Gasteiger partial charge is 0.454 e. The minimum Gasteiger partial charge on any atom is -0.454 e. The van der Waals surface area contributed by atoms with Crippen molar-refractivity contribution in [1.82, 2.24) is 0 Å². The van der Waals surface area contributed by atoms with Crippen LogP contribution in [0, 0.1) is 5.82 Å². The van der Waals surface area contributed by atoms with Crippen LogP contribution in [0.15, 0.2) is 78.9 Å². The summed E-state index contributed by atoms with van der Waals surface area (Å²) in [6.45, 7) is -0.565. The Kier molecular flexibility index (Phi) is 5.52. The minimum absolute atomic E-state index is 0.130. The normalized spacial score (nSPS) is 10.3. The van der Waals surface area contributed by atoms with Gasteiger partial charge in [0, 0.05) is 11.1 Å². The molecule has 0 aliphatic heterocycles. The highest BCUT2D eigenvalue weighted by Gasteiger charge is 2.15. The van der Waals surface area contributed by atoms with E-state index in [0.717, 1.165) is 6.07 Å². The Morgan fingerprint density at radius 3 is 1.93 bits per heavy atom. The molecule has 5 heteroatoms. The molecule has 0 aliphatic carbocycles. The SMILES string of the molecule is O=C(OCC(=O)c1ccccc1F)c1ccc(C(=O)c2ccccc2)cc1. The van der Waals surface area contributed by atoms with Crippen LogP contribution >= 0.6 is 0 Å². The second-order valence-electron chi connectivity index (χ2n) is 5.75. The van der Waals surface area contributed by atoms with Crippen molar-refractivity contribution < 1.29 is 23.5 Å². The molecule has 0 amide bonds. The summed E-state index contributed by atoms with van der Waals surface area (Å²) in [5, 5.41) is 0. The summed E-state index contributed by atoms with van der Waals surface area (Å²) in [5.41, 5.74) is 1.04. The quantitative estimate of drug-likeness (QED) is 0.489. The molecular weight excluding hydrogens is 347 g/mol. The lowest BCUT2D eigenvalue weighted by Gasteiger charge is -2.06. The lowest BCUT2D eigenvalue weighted by Crippen LogP contribution is -2.15. The molecule has 27 heavy (non-hydrogen) atoms. The Morgan fingerprint density at radius 1 is 0.704 bits per heavy atom. The van der Waals surface area contributed by atoms with Crippen molar-refractivity contribution in [3.63, 3.8) is 0 Å². The molecule has 0 radical (unpaired) electrons. The van der Waals surface area contributed by atoms with Gasteiger partial charge in [-0.05, 0) is 24.3 Å². The molecule has 0 unspecified atom stereocenters. The average molecular weight is 362 g/mol. The third-order valence-corrected chi connectivity index (χ3v) is 3.93. The van der Waals surface area contributed by atoms with Gasteiger partial charge >= 0.3 is 5.97 Å². The van der Waals surface area contributed by atoms with E-state index in [1.165, 1.54) is 42.5 Å². The van der Waals surface area contributed by atoms with E-state index in [1.54, 1.807) is 24.3 Å². The molecule has 0 saturated heterocycles. The van der Waals surface area contributed by atoms with Crippen LogP contribution in [0.4, 0.5) is 4.39 Å². The summed E-state index contributed by atoms with van der Waals surface area (Å²) in [5.74, 6) is -2.18. The van der Waals surface area contributed by atoms with Gasteiger partial charge in [-0.2, -0.15) is 0 Å². The molecule has 0 saturated carbocycles. The van der Waals surface area contributed by atoms with Crippen LogP contribution in [0.2, 0.25) is 0 Å². The molecule has 0 atom stereocenters. The van der Waals surface area contributed by atoms with E-state index < -0.39 is 24.2 Å². The third kappa shape index (κ3) is 4.33. The van der Waals surface area contributed by atoms with E-state index in [4.69, 9.17) is 4.74 Å². The van der Waals surface area contributed by atoms with Gasteiger partial charge in [0.05, 0.1) is 11.1 Å². The lowest BCUT2D eigenvalue weighted by molar-refractivity contribution is 0.0473. The highest BCUT2D eigenvalue weighted by molar-refractivity contribution is 6.09. The summed E-state index contributed by atoms with van der Waals surface area (Å²) in [6.07, 6.45) is 0. The van der Waals surface area contributed by atoms with E-state index in [-0.39, 0.29) is 16.9 Å². The Bertz CT molecular complexity index is 979. The van der Waals surface area contributed by atoms with Crippen LogP contribution in [-0.4, -0.2) is 24.1 Å². The van der Waals surface area contributed by atoms with Crippen LogP contribution in [-0.2, 0) is 4.74 Å². The zero-order valence-corrected chi connectivity index (χ0v) is 14.2. The second kappa shape index (κ2) is 8.19. The van der Waals surface area contributed by atoms with Crippen LogP contribution in [0.1, 0.15) is 36.6 Å². The van der Waals surface area contributed by atoms with Gasteiger partial charge in [-0.1, -0.05) is 54.6 Å². The molecule has 0 aliphatic rings. The molecular formula is C22H15FO4. The fourth-order valence-corrected chi connectivity index (χ4v) is 2.49. The van der Waals surface area contributed by atoms with Crippen molar-refractivity contribution in [1.29, 1.82) is 0 Å². The number of ketones is 2. The molecule has 0 aromatic heterocycles. The van der Waals surface area contributed by atoms with Crippen LogP contribution in [0.25, 0.3) is 0 Å². The average Bonchev–Trinajstić information content (AvgIpc) is 2.72. The molecule has 4 nitrogen and oxygen atoms in total. The standard InChI is InChI=1S/C22H15FO4/c23-19-9-5-4-8-18(19)20(24)14-27-22(26)17-12-10-16(11-13-17)21(25)15-6-2-1-3-7-15/h1-13H,14H2. The molecule has 0 spiro atoms. The molecule has 3 rings (SSSR count). The zero-order valence-electron chi connectivity index (χ0n) is 14.2. The zero-order chi connectivity index (χ0) is 19.2. The van der Waals surface area contributed by atoms with Crippen molar-refractivity contribution in [3.05, 3.63) is 107 Å². The Morgan fingerprint density at radius 2 is 1.26 bits per heavy atom. The lowest BCUT2D eigenvalue weighted by atomic mass is 10.0. The maximum atomic E-state index is 13.6. The van der Waals surface area contributed by atoms with E-state index in [0.29, 0.717) is 11.1 Å². The number of ether oxygens (including phenoxy) is 1. The fraction of sp³-hybridized carbons (Fsp3) is 0.0455. The number of carbonyl (C=O) groups is 3. The van der Waals surface area contributed by atoms with Crippen LogP contribution < -0.4 is 0 Å². The van der Waals surface area contributed by atoms with Gasteiger partial charge < -0.3 is 4.74 Å². The van der Waals surface area contributed by atoms with Gasteiger partial charge in [-0.3, -0.25) is 9.59 Å². The van der Waals surface area contributed by atoms with Gasteiger partial charge in [-0.15, -0.1) is 0 Å². The summed E-state index contributed by atoms with van der Waals surface area (Å²) >= 11 is 0. The smallest absolute Gasteiger partial charge is 0.338 e. The summed E-state index contributed by atoms with van der Waals surface area (Å²) < 4.78 is 18.5. The number of hydrogen-bond acceptors (Lipinski definition) is 4. The molecule has 134 valence electrons. The highest BCUT2D eigenvalue weighted by Crippen LogP contribution is 2.13. The molecule has 0 N–H and O–H groups in total. The van der Waals surface area contributed by atoms with Crippen LogP contribution in [0.3, 0.4) is 0 Å². The van der Waals surface area contributed by atoms with Gasteiger partial charge in [0.1, 0.15) is 5.82 Å². The van der Waals surface area contributed by atoms with Crippen molar-refractivity contribution >= 4 is 17.5 Å². The number of halogens is 1. The number of carbonyl (C=O) groups excluding carboxylic acids is 3. The third-order valence-electron chi connectivity index (χ3n) is 3.93. The van der Waals surface area contributed by atoms with E-state index in [1.807, 2.05) is 6.07 Å². The van der Waals surface area contributed by atoms with Crippen LogP contribution in [0.5, 0.6) is 0 Å². The van der Waals surface area contributed by atoms with Gasteiger partial charge in [0.2, 0.25) is 5.78 Å². The summed E-state index contributed by atoms with van der Waals surface area (Å²) in [4.78, 5) is 36.3. The van der Waals surface area contributed by atoms with Gasteiger partial charge in [0.25, 0.3) is 0 Å². The minimum atomic E-state index is -0.724. The monoisotopic (exact) mass is 362 g/mol.